The van der Waals surface area contributed by atoms with Gasteiger partial charge in [0.1, 0.15) is 17.8 Å². The Morgan fingerprint density at radius 2 is 1.88 bits per heavy atom. The summed E-state index contributed by atoms with van der Waals surface area (Å²) in [6.45, 7) is 8.15. The zero-order valence-electron chi connectivity index (χ0n) is 20.1. The van der Waals surface area contributed by atoms with Crippen molar-refractivity contribution in [2.24, 2.45) is 28.6 Å². The molecule has 4 heteroatoms. The van der Waals surface area contributed by atoms with Crippen molar-refractivity contribution in [2.45, 2.75) is 72.3 Å². The van der Waals surface area contributed by atoms with Gasteiger partial charge in [0.15, 0.2) is 0 Å². The summed E-state index contributed by atoms with van der Waals surface area (Å²) >= 11 is 0. The quantitative estimate of drug-likeness (QED) is 0.391. The molecule has 4 nitrogen and oxygen atoms in total. The lowest BCUT2D eigenvalue weighted by Gasteiger charge is -2.49. The Kier molecular flexibility index (Phi) is 6.63. The van der Waals surface area contributed by atoms with Crippen LogP contribution < -0.4 is 4.74 Å². The number of fused-ring (bicyclic) bond motifs is 3. The number of ketones is 1. The molecule has 0 heterocycles. The predicted octanol–water partition coefficient (Wildman–Crippen LogP) is 5.93. The number of hydrogen-bond acceptors (Lipinski definition) is 4. The smallest absolute Gasteiger partial charge is 0.140 e. The number of Topliss-reactive ketones (excluding diaryl/α,β-unsaturated/α-hetero) is 1. The highest BCUT2D eigenvalue weighted by Crippen LogP contribution is 2.62. The maximum Gasteiger partial charge on any atom is 0.140 e. The third kappa shape index (κ3) is 4.19. The van der Waals surface area contributed by atoms with Crippen molar-refractivity contribution in [3.05, 3.63) is 41.0 Å². The molecule has 1 aromatic rings. The molecule has 0 aromatic heterocycles. The van der Waals surface area contributed by atoms with Crippen LogP contribution in [0.15, 0.2) is 35.4 Å². The van der Waals surface area contributed by atoms with Gasteiger partial charge in [0.2, 0.25) is 0 Å². The minimum Gasteiger partial charge on any atom is -0.497 e. The Labute approximate surface area is 192 Å². The number of allylic oxidation sites excluding steroid dienone is 1. The van der Waals surface area contributed by atoms with E-state index in [2.05, 4.69) is 20.8 Å². The van der Waals surface area contributed by atoms with Crippen LogP contribution in [-0.4, -0.2) is 25.8 Å². The summed E-state index contributed by atoms with van der Waals surface area (Å²) in [5.74, 6) is 1.68. The third-order valence-electron chi connectivity index (χ3n) is 8.75. The normalized spacial score (nSPS) is 33.3. The fourth-order valence-electron chi connectivity index (χ4n) is 6.55. The molecule has 0 radical (unpaired) electrons. The van der Waals surface area contributed by atoms with Gasteiger partial charge in [-0.05, 0) is 67.6 Å². The molecule has 2 fully saturated rings. The van der Waals surface area contributed by atoms with Crippen LogP contribution in [0.4, 0.5) is 0 Å². The Hall–Kier alpha value is -1.94. The van der Waals surface area contributed by atoms with Crippen LogP contribution in [0.3, 0.4) is 0 Å². The Balaban J connectivity index is 1.52. The third-order valence-corrected chi connectivity index (χ3v) is 8.75. The van der Waals surface area contributed by atoms with E-state index in [0.717, 1.165) is 49.7 Å². The molecule has 0 spiro atoms. The van der Waals surface area contributed by atoms with Crippen molar-refractivity contribution in [2.75, 3.05) is 13.7 Å². The van der Waals surface area contributed by atoms with Crippen molar-refractivity contribution in [1.29, 1.82) is 0 Å². The largest absolute Gasteiger partial charge is 0.497 e. The molecule has 3 aliphatic carbocycles. The second kappa shape index (κ2) is 9.13. The summed E-state index contributed by atoms with van der Waals surface area (Å²) in [5, 5.41) is 0. The van der Waals surface area contributed by atoms with Gasteiger partial charge in [0.05, 0.1) is 20.3 Å². The van der Waals surface area contributed by atoms with Crippen molar-refractivity contribution >= 4 is 12.1 Å². The number of aldehydes is 1. The minimum atomic E-state index is -0.314. The number of methoxy groups -OCH3 is 1. The molecule has 32 heavy (non-hydrogen) atoms. The fourth-order valence-corrected chi connectivity index (χ4v) is 6.55. The summed E-state index contributed by atoms with van der Waals surface area (Å²) < 4.78 is 11.4. The molecule has 5 atom stereocenters. The van der Waals surface area contributed by atoms with E-state index in [9.17, 15) is 9.59 Å². The monoisotopic (exact) mass is 438 g/mol. The van der Waals surface area contributed by atoms with E-state index in [1.165, 1.54) is 12.0 Å². The minimum absolute atomic E-state index is 0.105. The van der Waals surface area contributed by atoms with Crippen LogP contribution >= 0.6 is 0 Å². The lowest BCUT2D eigenvalue weighted by Crippen LogP contribution is -2.44. The average molecular weight is 439 g/mol. The van der Waals surface area contributed by atoms with E-state index in [4.69, 9.17) is 9.47 Å². The van der Waals surface area contributed by atoms with Crippen molar-refractivity contribution in [1.82, 2.24) is 0 Å². The number of benzene rings is 1. The summed E-state index contributed by atoms with van der Waals surface area (Å²) in [5.41, 5.74) is 4.10. The first-order valence-corrected chi connectivity index (χ1v) is 12.2. The molecule has 4 rings (SSSR count). The van der Waals surface area contributed by atoms with E-state index in [1.807, 2.05) is 24.3 Å². The zero-order chi connectivity index (χ0) is 22.9. The van der Waals surface area contributed by atoms with Gasteiger partial charge in [-0.25, -0.2) is 0 Å². The number of hydrogen-bond donors (Lipinski definition) is 0. The van der Waals surface area contributed by atoms with E-state index in [1.54, 1.807) is 12.7 Å². The fraction of sp³-hybridized carbons (Fsp3) is 0.643. The van der Waals surface area contributed by atoms with Gasteiger partial charge in [0, 0.05) is 23.7 Å². The van der Waals surface area contributed by atoms with Gasteiger partial charge < -0.3 is 14.3 Å². The summed E-state index contributed by atoms with van der Waals surface area (Å²) in [6, 6.07) is 8.03. The molecule has 2 saturated carbocycles. The molecular formula is C28H38O4. The highest BCUT2D eigenvalue weighted by molar-refractivity contribution is 5.88. The maximum atomic E-state index is 13.3. The van der Waals surface area contributed by atoms with Crippen molar-refractivity contribution in [3.63, 3.8) is 0 Å². The molecule has 0 saturated heterocycles. The van der Waals surface area contributed by atoms with Gasteiger partial charge in [-0.15, -0.1) is 0 Å². The first-order chi connectivity index (χ1) is 15.3. The SMILES string of the molecule is COc1ccc(COC[C@@H](C)C2=C3[C@H]4CCC(C=O)CC(=O)[C@]4(C)CC[C@@]3(C)CC2)cc1. The van der Waals surface area contributed by atoms with Gasteiger partial charge in [-0.3, -0.25) is 4.79 Å². The topological polar surface area (TPSA) is 52.6 Å². The first kappa shape index (κ1) is 23.2. The molecule has 0 aliphatic heterocycles. The maximum absolute atomic E-state index is 13.3. The zero-order valence-corrected chi connectivity index (χ0v) is 20.1. The first-order valence-electron chi connectivity index (χ1n) is 12.2. The van der Waals surface area contributed by atoms with Crippen LogP contribution in [0.1, 0.15) is 71.3 Å². The second-order valence-corrected chi connectivity index (χ2v) is 10.8. The molecule has 1 aromatic carbocycles. The van der Waals surface area contributed by atoms with Crippen LogP contribution in [0.25, 0.3) is 0 Å². The summed E-state index contributed by atoms with van der Waals surface area (Å²) in [7, 11) is 1.68. The van der Waals surface area contributed by atoms with Crippen LogP contribution in [0.2, 0.25) is 0 Å². The molecular weight excluding hydrogens is 400 g/mol. The van der Waals surface area contributed by atoms with Crippen LogP contribution in [0.5, 0.6) is 5.75 Å². The Bertz CT molecular complexity index is 885. The molecule has 174 valence electrons. The summed E-state index contributed by atoms with van der Waals surface area (Å²) in [4.78, 5) is 24.8. The molecule has 1 unspecified atom stereocenters. The van der Waals surface area contributed by atoms with Gasteiger partial charge in [-0.1, -0.05) is 44.1 Å². The summed E-state index contributed by atoms with van der Waals surface area (Å²) in [6.07, 6.45) is 7.56. The number of carbonyl (C=O) groups is 2. The van der Waals surface area contributed by atoms with Crippen LogP contribution in [0, 0.1) is 28.6 Å². The standard InChI is InChI=1S/C28H38O4/c1-19(17-32-18-20-5-8-22(31-4)9-6-20)23-11-12-27(2)13-14-28(3)24(26(23)27)10-7-21(16-29)15-25(28)30/h5-6,8-9,16,19,21,24H,7,10-15,17-18H2,1-4H3/t19-,21?,24-,27-,28-/m1/s1. The van der Waals surface area contributed by atoms with Crippen molar-refractivity contribution < 1.29 is 19.1 Å². The van der Waals surface area contributed by atoms with Gasteiger partial charge in [-0.2, -0.15) is 0 Å². The Morgan fingerprint density at radius 1 is 1.12 bits per heavy atom. The highest BCUT2D eigenvalue weighted by atomic mass is 16.5. The van der Waals surface area contributed by atoms with Gasteiger partial charge in [0.25, 0.3) is 0 Å². The van der Waals surface area contributed by atoms with E-state index >= 15 is 0 Å². The molecule has 0 bridgehead atoms. The molecule has 0 N–H and O–H groups in total. The highest BCUT2D eigenvalue weighted by Gasteiger charge is 2.55. The number of carbonyl (C=O) groups excluding carboxylic acids is 2. The Morgan fingerprint density at radius 3 is 2.56 bits per heavy atom. The van der Waals surface area contributed by atoms with E-state index in [-0.39, 0.29) is 22.7 Å². The van der Waals surface area contributed by atoms with E-state index in [0.29, 0.717) is 31.3 Å². The van der Waals surface area contributed by atoms with Gasteiger partial charge >= 0.3 is 0 Å². The predicted molar refractivity (Wildman–Crippen MR) is 125 cm³/mol. The number of rotatable bonds is 7. The average Bonchev–Trinajstić information content (AvgIpc) is 3.09. The molecule has 3 aliphatic rings. The lowest BCUT2D eigenvalue weighted by atomic mass is 9.54. The molecule has 0 amide bonds. The number of ether oxygens (including phenoxy) is 2. The second-order valence-electron chi connectivity index (χ2n) is 10.8. The van der Waals surface area contributed by atoms with Crippen LogP contribution in [-0.2, 0) is 20.9 Å². The lowest BCUT2D eigenvalue weighted by molar-refractivity contribution is -0.133. The van der Waals surface area contributed by atoms with Crippen molar-refractivity contribution in [3.8, 4) is 5.75 Å². The van der Waals surface area contributed by atoms with E-state index < -0.39 is 0 Å².